The highest BCUT2D eigenvalue weighted by Gasteiger charge is 2.64. The molecule has 2 fully saturated rings. The second-order valence-electron chi connectivity index (χ2n) is 6.02. The van der Waals surface area contributed by atoms with Crippen LogP contribution in [-0.2, 0) is 9.47 Å². The number of hydrogen-bond acceptors (Lipinski definition) is 10. The van der Waals surface area contributed by atoms with Gasteiger partial charge >= 0.3 is 0 Å². The molecular weight excluding hydrogens is 410 g/mol. The third-order valence-electron chi connectivity index (χ3n) is 4.48. The smallest absolute Gasteiger partial charge is 0.276 e. The lowest BCUT2D eigenvalue weighted by atomic mass is 9.83. The molecule has 0 aromatic rings. The Morgan fingerprint density at radius 1 is 0.960 bits per heavy atom. The predicted octanol–water partition coefficient (Wildman–Crippen LogP) is -3.63. The first-order chi connectivity index (χ1) is 11.4. The van der Waals surface area contributed by atoms with Crippen molar-refractivity contribution < 1.29 is 50.3 Å². The Kier molecular flexibility index (Phi) is 6.51. The third kappa shape index (κ3) is 3.49. The minimum absolute atomic E-state index is 1.09. The van der Waals surface area contributed by atoms with Crippen molar-refractivity contribution in [2.24, 2.45) is 0 Å². The molecule has 0 aromatic carbocycles. The summed E-state index contributed by atoms with van der Waals surface area (Å²) in [5.74, 6) is 0. The van der Waals surface area contributed by atoms with Gasteiger partial charge in [-0.1, -0.05) is 23.2 Å². The van der Waals surface area contributed by atoms with Crippen LogP contribution in [0.25, 0.3) is 0 Å². The molecule has 11 atom stereocenters. The van der Waals surface area contributed by atoms with Crippen LogP contribution in [0.2, 0.25) is 0 Å². The fraction of sp³-hybridized carbons (Fsp3) is 1.00. The summed E-state index contributed by atoms with van der Waals surface area (Å²) in [6, 6.07) is 0. The molecule has 0 aromatic heterocycles. The van der Waals surface area contributed by atoms with E-state index >= 15 is 0 Å². The van der Waals surface area contributed by atoms with Crippen LogP contribution in [0.5, 0.6) is 0 Å². The molecule has 0 amide bonds. The van der Waals surface area contributed by atoms with Crippen LogP contribution in [0.1, 0.15) is 0 Å². The molecule has 2 unspecified atom stereocenters. The van der Waals surface area contributed by atoms with E-state index in [1.807, 2.05) is 0 Å². The standard InChI is InChI=1S/C12H19Cl3O10/c13-2-3(17)8(20)12(15,23)25-5(2)9(21)11(1-16)7(19)4(18)6(24-11)10(14)22/h2-10,16-23H,1H2/t2-,3+,4-,5+,6+,7+,8-,9?,10?,11+,12-/m1/s1. The zero-order chi connectivity index (χ0) is 19.3. The quantitative estimate of drug-likeness (QED) is 0.208. The van der Waals surface area contributed by atoms with Gasteiger partial charge in [-0.3, -0.25) is 0 Å². The Bertz CT molecular complexity index is 482. The van der Waals surface area contributed by atoms with E-state index < -0.39 is 71.1 Å². The Labute approximate surface area is 156 Å². The highest BCUT2D eigenvalue weighted by Crippen LogP contribution is 2.42. The fourth-order valence-corrected chi connectivity index (χ4v) is 3.73. The number of halogens is 3. The van der Waals surface area contributed by atoms with Crippen LogP contribution < -0.4 is 0 Å². The maximum atomic E-state index is 10.6. The van der Waals surface area contributed by atoms with Crippen molar-refractivity contribution in [3.63, 3.8) is 0 Å². The lowest BCUT2D eigenvalue weighted by Gasteiger charge is -2.47. The first-order valence-corrected chi connectivity index (χ1v) is 8.40. The highest BCUT2D eigenvalue weighted by atomic mass is 35.5. The van der Waals surface area contributed by atoms with Crippen molar-refractivity contribution in [3.05, 3.63) is 0 Å². The molecule has 25 heavy (non-hydrogen) atoms. The minimum atomic E-state index is -2.83. The van der Waals surface area contributed by atoms with Crippen LogP contribution in [0, 0.1) is 0 Å². The van der Waals surface area contributed by atoms with Crippen molar-refractivity contribution in [3.8, 4) is 0 Å². The average molecular weight is 430 g/mol. The van der Waals surface area contributed by atoms with E-state index in [0.29, 0.717) is 0 Å². The predicted molar refractivity (Wildman–Crippen MR) is 81.9 cm³/mol. The van der Waals surface area contributed by atoms with Gasteiger partial charge in [-0.05, 0) is 0 Å². The van der Waals surface area contributed by atoms with E-state index in [0.717, 1.165) is 0 Å². The summed E-state index contributed by atoms with van der Waals surface area (Å²) in [6.07, 6.45) is -13.0. The van der Waals surface area contributed by atoms with Gasteiger partial charge in [0.1, 0.15) is 42.2 Å². The summed E-state index contributed by atoms with van der Waals surface area (Å²) in [4.78, 5) is 0. The van der Waals surface area contributed by atoms with Crippen molar-refractivity contribution in [2.75, 3.05) is 6.61 Å². The van der Waals surface area contributed by atoms with Gasteiger partial charge in [0.2, 0.25) is 0 Å². The molecule has 2 aliphatic heterocycles. The Morgan fingerprint density at radius 2 is 1.52 bits per heavy atom. The molecule has 2 saturated heterocycles. The van der Waals surface area contributed by atoms with Crippen molar-refractivity contribution in [2.45, 2.75) is 64.5 Å². The summed E-state index contributed by atoms with van der Waals surface area (Å²) in [6.45, 7) is -1.09. The molecular formula is C12H19Cl3O10. The third-order valence-corrected chi connectivity index (χ3v) is 5.54. The molecule has 2 rings (SSSR count). The second kappa shape index (κ2) is 7.47. The van der Waals surface area contributed by atoms with Gasteiger partial charge in [0, 0.05) is 0 Å². The molecule has 0 spiro atoms. The van der Waals surface area contributed by atoms with Crippen molar-refractivity contribution in [1.82, 2.24) is 0 Å². The fourth-order valence-electron chi connectivity index (χ4n) is 2.97. The number of ether oxygens (including phenoxy) is 2. The molecule has 148 valence electrons. The van der Waals surface area contributed by atoms with E-state index in [2.05, 4.69) is 0 Å². The zero-order valence-corrected chi connectivity index (χ0v) is 14.7. The summed E-state index contributed by atoms with van der Waals surface area (Å²) >= 11 is 16.9. The zero-order valence-electron chi connectivity index (χ0n) is 12.4. The Balaban J connectivity index is 2.35. The topological polar surface area (TPSA) is 180 Å². The largest absolute Gasteiger partial charge is 0.393 e. The second-order valence-corrected chi connectivity index (χ2v) is 7.51. The normalized spacial score (nSPS) is 53.6. The van der Waals surface area contributed by atoms with Gasteiger partial charge in [0.05, 0.1) is 12.0 Å². The van der Waals surface area contributed by atoms with Crippen LogP contribution in [0.3, 0.4) is 0 Å². The first-order valence-electron chi connectivity index (χ1n) is 7.15. The summed E-state index contributed by atoms with van der Waals surface area (Å²) in [5.41, 5.74) is -4.13. The molecule has 0 aliphatic carbocycles. The Morgan fingerprint density at radius 3 is 1.96 bits per heavy atom. The van der Waals surface area contributed by atoms with Gasteiger partial charge in [-0.2, -0.15) is 0 Å². The number of aliphatic hydroxyl groups is 8. The van der Waals surface area contributed by atoms with E-state index in [4.69, 9.17) is 44.3 Å². The van der Waals surface area contributed by atoms with Gasteiger partial charge in [-0.15, -0.1) is 11.6 Å². The van der Waals surface area contributed by atoms with Gasteiger partial charge in [-0.25, -0.2) is 0 Å². The molecule has 2 aliphatic rings. The summed E-state index contributed by atoms with van der Waals surface area (Å²) in [7, 11) is 0. The summed E-state index contributed by atoms with van der Waals surface area (Å²) in [5, 5.41) is 74.6. The van der Waals surface area contributed by atoms with E-state index in [1.54, 1.807) is 0 Å². The van der Waals surface area contributed by atoms with E-state index in [1.165, 1.54) is 0 Å². The SMILES string of the molecule is OC[C@]1(C(O)[C@H]2O[C@@](O)(Cl)[C@H](O)[C@@H](O)[C@H]2Cl)O[C@H](C(O)Cl)[C@@H](O)[C@@H]1O. The van der Waals surface area contributed by atoms with Crippen LogP contribution in [-0.4, -0.2) is 112 Å². The maximum absolute atomic E-state index is 10.6. The lowest BCUT2D eigenvalue weighted by Crippen LogP contribution is -2.68. The molecule has 0 saturated carbocycles. The number of alkyl halides is 3. The van der Waals surface area contributed by atoms with Crippen molar-refractivity contribution >= 4 is 34.8 Å². The number of rotatable bonds is 4. The molecule has 0 bridgehead atoms. The average Bonchev–Trinajstić information content (AvgIpc) is 2.81. The van der Waals surface area contributed by atoms with Gasteiger partial charge in [0.25, 0.3) is 5.25 Å². The van der Waals surface area contributed by atoms with Gasteiger partial charge in [0.15, 0.2) is 11.7 Å². The highest BCUT2D eigenvalue weighted by molar-refractivity contribution is 6.24. The molecule has 8 N–H and O–H groups in total. The number of aliphatic hydroxyl groups excluding tert-OH is 7. The van der Waals surface area contributed by atoms with Crippen molar-refractivity contribution in [1.29, 1.82) is 0 Å². The van der Waals surface area contributed by atoms with Crippen LogP contribution >= 0.6 is 34.8 Å². The van der Waals surface area contributed by atoms with E-state index in [9.17, 15) is 40.9 Å². The number of hydrogen-bond donors (Lipinski definition) is 8. The van der Waals surface area contributed by atoms with E-state index in [-0.39, 0.29) is 0 Å². The van der Waals surface area contributed by atoms with Gasteiger partial charge < -0.3 is 50.3 Å². The van der Waals surface area contributed by atoms with Crippen LogP contribution in [0.4, 0.5) is 0 Å². The summed E-state index contributed by atoms with van der Waals surface area (Å²) < 4.78 is 10.1. The monoisotopic (exact) mass is 428 g/mol. The molecule has 2 heterocycles. The lowest BCUT2D eigenvalue weighted by molar-refractivity contribution is -0.306. The molecule has 0 radical (unpaired) electrons. The van der Waals surface area contributed by atoms with Crippen LogP contribution in [0.15, 0.2) is 0 Å². The Hall–Kier alpha value is 0.470. The maximum Gasteiger partial charge on any atom is 0.276 e. The molecule has 10 nitrogen and oxygen atoms in total. The molecule has 13 heteroatoms. The minimum Gasteiger partial charge on any atom is -0.393 e. The first kappa shape index (κ1) is 21.8.